The van der Waals surface area contributed by atoms with Crippen LogP contribution in [0.5, 0.6) is 5.75 Å². The molecule has 0 aliphatic rings. The fourth-order valence-electron chi connectivity index (χ4n) is 1.78. The molecular formula is C11H9NO4. The Morgan fingerprint density at radius 2 is 1.81 bits per heavy atom. The Kier molecular flexibility index (Phi) is 2.23. The predicted octanol–water partition coefficient (Wildman–Crippen LogP) is 2.51. The van der Waals surface area contributed by atoms with Crippen LogP contribution in [0, 0.1) is 18.8 Å². The van der Waals surface area contributed by atoms with Crippen LogP contribution in [0.3, 0.4) is 0 Å². The van der Waals surface area contributed by atoms with Crippen LogP contribution in [0.25, 0.3) is 10.8 Å². The van der Waals surface area contributed by atoms with Crippen molar-refractivity contribution in [3.05, 3.63) is 38.8 Å². The standard InChI is InChI=1S/C11H9NO4/c1-5-9-8(13)4-3-7(12-15)11(14)10(9)6(2)16-5/h3-4,14H,1-2H3. The molecule has 0 unspecified atom stereocenters. The highest BCUT2D eigenvalue weighted by Crippen LogP contribution is 2.35. The summed E-state index contributed by atoms with van der Waals surface area (Å²) in [6.07, 6.45) is 0. The summed E-state index contributed by atoms with van der Waals surface area (Å²) in [6, 6.07) is 2.39. The lowest BCUT2D eigenvalue weighted by molar-refractivity contribution is 0.478. The first kappa shape index (κ1) is 10.4. The SMILES string of the molecule is Cc1oc(C)c2c(=O)ccc(N=O)c(O)c12. The topological polar surface area (TPSA) is 79.9 Å². The summed E-state index contributed by atoms with van der Waals surface area (Å²) in [5, 5.41) is 13.0. The molecule has 0 aliphatic heterocycles. The summed E-state index contributed by atoms with van der Waals surface area (Å²) in [6.45, 7) is 3.24. The van der Waals surface area contributed by atoms with E-state index in [1.54, 1.807) is 13.8 Å². The number of rotatable bonds is 1. The first-order valence-electron chi connectivity index (χ1n) is 4.65. The maximum Gasteiger partial charge on any atom is 0.190 e. The molecule has 0 radical (unpaired) electrons. The molecule has 2 rings (SSSR count). The number of fused-ring (bicyclic) bond motifs is 1. The Morgan fingerprint density at radius 1 is 1.19 bits per heavy atom. The van der Waals surface area contributed by atoms with Crippen molar-refractivity contribution < 1.29 is 9.52 Å². The molecule has 0 spiro atoms. The van der Waals surface area contributed by atoms with Crippen molar-refractivity contribution in [1.29, 1.82) is 0 Å². The van der Waals surface area contributed by atoms with Gasteiger partial charge in [-0.3, -0.25) is 4.79 Å². The molecule has 82 valence electrons. The van der Waals surface area contributed by atoms with Gasteiger partial charge in [-0.25, -0.2) is 0 Å². The summed E-state index contributed by atoms with van der Waals surface area (Å²) < 4.78 is 5.26. The van der Waals surface area contributed by atoms with Crippen LogP contribution < -0.4 is 5.43 Å². The van der Waals surface area contributed by atoms with E-state index in [1.165, 1.54) is 12.1 Å². The van der Waals surface area contributed by atoms with Gasteiger partial charge in [0.05, 0.1) is 10.8 Å². The normalized spacial score (nSPS) is 10.6. The third-order valence-electron chi connectivity index (χ3n) is 2.48. The predicted molar refractivity (Wildman–Crippen MR) is 59.1 cm³/mol. The van der Waals surface area contributed by atoms with Crippen LogP contribution in [0.4, 0.5) is 5.69 Å². The molecule has 0 aliphatic carbocycles. The highest BCUT2D eigenvalue weighted by atomic mass is 16.3. The third kappa shape index (κ3) is 1.29. The molecule has 1 aromatic heterocycles. The lowest BCUT2D eigenvalue weighted by Gasteiger charge is -1.91. The molecule has 5 heteroatoms. The lowest BCUT2D eigenvalue weighted by atomic mass is 10.2. The van der Waals surface area contributed by atoms with Crippen molar-refractivity contribution in [3.63, 3.8) is 0 Å². The maximum atomic E-state index is 11.7. The molecule has 0 bridgehead atoms. The summed E-state index contributed by atoms with van der Waals surface area (Å²) >= 11 is 0. The molecule has 1 N–H and O–H groups in total. The van der Waals surface area contributed by atoms with Gasteiger partial charge < -0.3 is 9.52 Å². The maximum absolute atomic E-state index is 11.7. The van der Waals surface area contributed by atoms with E-state index in [0.717, 1.165) is 0 Å². The van der Waals surface area contributed by atoms with E-state index in [9.17, 15) is 14.8 Å². The number of aromatic hydroxyl groups is 1. The number of furan rings is 1. The Morgan fingerprint density at radius 3 is 2.44 bits per heavy atom. The van der Waals surface area contributed by atoms with Crippen LogP contribution in [-0.4, -0.2) is 5.11 Å². The minimum atomic E-state index is -0.318. The summed E-state index contributed by atoms with van der Waals surface area (Å²) in [7, 11) is 0. The van der Waals surface area contributed by atoms with Crippen LogP contribution >= 0.6 is 0 Å². The van der Waals surface area contributed by atoms with Crippen LogP contribution in [0.2, 0.25) is 0 Å². The Labute approximate surface area is 90.3 Å². The average Bonchev–Trinajstić information content (AvgIpc) is 2.45. The van der Waals surface area contributed by atoms with E-state index >= 15 is 0 Å². The summed E-state index contributed by atoms with van der Waals surface area (Å²) in [5.74, 6) is 0.491. The van der Waals surface area contributed by atoms with Crippen molar-refractivity contribution in [2.24, 2.45) is 5.18 Å². The lowest BCUT2D eigenvalue weighted by Crippen LogP contribution is -1.94. The number of hydrogen-bond acceptors (Lipinski definition) is 5. The van der Waals surface area contributed by atoms with Crippen molar-refractivity contribution in [2.75, 3.05) is 0 Å². The first-order valence-corrected chi connectivity index (χ1v) is 4.65. The number of nitroso groups, excluding NO2 is 1. The molecular weight excluding hydrogens is 210 g/mol. The molecule has 0 saturated carbocycles. The van der Waals surface area contributed by atoms with E-state index in [4.69, 9.17) is 4.42 Å². The molecule has 0 atom stereocenters. The molecule has 0 amide bonds. The Hall–Kier alpha value is -2.17. The molecule has 5 nitrogen and oxygen atoms in total. The Bertz CT molecular complexity index is 642. The van der Waals surface area contributed by atoms with Gasteiger partial charge in [-0.15, -0.1) is 4.91 Å². The van der Waals surface area contributed by atoms with Gasteiger partial charge >= 0.3 is 0 Å². The molecule has 1 aromatic carbocycles. The molecule has 16 heavy (non-hydrogen) atoms. The van der Waals surface area contributed by atoms with Crippen molar-refractivity contribution in [2.45, 2.75) is 13.8 Å². The minimum absolute atomic E-state index is 0.170. The van der Waals surface area contributed by atoms with Crippen molar-refractivity contribution in [1.82, 2.24) is 0 Å². The molecule has 0 saturated heterocycles. The highest BCUT2D eigenvalue weighted by molar-refractivity contribution is 5.94. The fourth-order valence-corrected chi connectivity index (χ4v) is 1.78. The monoisotopic (exact) mass is 219 g/mol. The number of nitrogens with zero attached hydrogens (tertiary/aromatic N) is 1. The van der Waals surface area contributed by atoms with E-state index in [-0.39, 0.29) is 27.6 Å². The molecule has 1 heterocycles. The first-order chi connectivity index (χ1) is 7.56. The van der Waals surface area contributed by atoms with Crippen molar-refractivity contribution >= 4 is 16.5 Å². The zero-order valence-corrected chi connectivity index (χ0v) is 8.77. The Balaban J connectivity index is 3.16. The van der Waals surface area contributed by atoms with E-state index in [2.05, 4.69) is 5.18 Å². The van der Waals surface area contributed by atoms with E-state index < -0.39 is 0 Å². The van der Waals surface area contributed by atoms with E-state index in [1.807, 2.05) is 0 Å². The second kappa shape index (κ2) is 3.44. The van der Waals surface area contributed by atoms with Crippen LogP contribution in [-0.2, 0) is 0 Å². The zero-order valence-electron chi connectivity index (χ0n) is 8.77. The van der Waals surface area contributed by atoms with Gasteiger partial charge in [-0.2, -0.15) is 0 Å². The second-order valence-electron chi connectivity index (χ2n) is 3.49. The molecule has 0 fully saturated rings. The number of hydrogen-bond donors (Lipinski definition) is 1. The van der Waals surface area contributed by atoms with Gasteiger partial charge in [0.1, 0.15) is 11.5 Å². The highest BCUT2D eigenvalue weighted by Gasteiger charge is 2.15. The zero-order chi connectivity index (χ0) is 11.9. The smallest absolute Gasteiger partial charge is 0.190 e. The van der Waals surface area contributed by atoms with Gasteiger partial charge in [0.25, 0.3) is 0 Å². The quantitative estimate of drug-likeness (QED) is 0.747. The van der Waals surface area contributed by atoms with E-state index in [0.29, 0.717) is 11.5 Å². The van der Waals surface area contributed by atoms with Crippen molar-refractivity contribution in [3.8, 4) is 5.75 Å². The third-order valence-corrected chi connectivity index (χ3v) is 2.48. The van der Waals surface area contributed by atoms with Crippen LogP contribution in [0.15, 0.2) is 26.5 Å². The van der Waals surface area contributed by atoms with Crippen LogP contribution in [0.1, 0.15) is 11.5 Å². The summed E-state index contributed by atoms with van der Waals surface area (Å²) in [5.41, 5.74) is -0.481. The minimum Gasteiger partial charge on any atom is -0.505 e. The number of aryl methyl sites for hydroxylation is 2. The van der Waals surface area contributed by atoms with Gasteiger partial charge in [0.2, 0.25) is 0 Å². The van der Waals surface area contributed by atoms with Gasteiger partial charge in [-0.1, -0.05) is 0 Å². The molecule has 2 aromatic rings. The largest absolute Gasteiger partial charge is 0.505 e. The van der Waals surface area contributed by atoms with Gasteiger partial charge in [-0.05, 0) is 31.2 Å². The average molecular weight is 219 g/mol. The van der Waals surface area contributed by atoms with Gasteiger partial charge in [0.15, 0.2) is 16.9 Å². The summed E-state index contributed by atoms with van der Waals surface area (Å²) in [4.78, 5) is 22.2. The fraction of sp³-hybridized carbons (Fsp3) is 0.182. The second-order valence-corrected chi connectivity index (χ2v) is 3.49. The van der Waals surface area contributed by atoms with Gasteiger partial charge in [0, 0.05) is 0 Å².